The minimum atomic E-state index is -2.93. The minimum Gasteiger partial charge on any atom is -0.316 e. The Morgan fingerprint density at radius 3 is 2.77 bits per heavy atom. The number of carbonyl (C=O) groups is 1. The number of ketones is 1. The van der Waals surface area contributed by atoms with Gasteiger partial charge in [0.25, 0.3) is 0 Å². The summed E-state index contributed by atoms with van der Waals surface area (Å²) in [5.41, 5.74) is 0. The van der Waals surface area contributed by atoms with Crippen molar-refractivity contribution in [2.75, 3.05) is 25.1 Å². The molecule has 5 heteroatoms. The van der Waals surface area contributed by atoms with Crippen LogP contribution in [0, 0.1) is 5.92 Å². The van der Waals surface area contributed by atoms with Crippen molar-refractivity contribution in [3.05, 3.63) is 0 Å². The topological polar surface area (TPSA) is 63.2 Å². The summed E-state index contributed by atoms with van der Waals surface area (Å²) in [6, 6.07) is 0. The van der Waals surface area contributed by atoms with E-state index in [2.05, 4.69) is 5.32 Å². The quantitative estimate of drug-likeness (QED) is 0.681. The van der Waals surface area contributed by atoms with E-state index in [9.17, 15) is 13.2 Å². The molecule has 0 spiro atoms. The minimum absolute atomic E-state index is 0.0940. The fourth-order valence-corrected chi connectivity index (χ4v) is 2.14. The Labute approximate surface area is 78.6 Å². The fraction of sp³-hybridized carbons (Fsp3) is 0.875. The second kappa shape index (κ2) is 4.19. The van der Waals surface area contributed by atoms with Crippen LogP contribution in [0.1, 0.15) is 12.8 Å². The van der Waals surface area contributed by atoms with Gasteiger partial charge < -0.3 is 5.32 Å². The van der Waals surface area contributed by atoms with Crippen molar-refractivity contribution in [3.8, 4) is 0 Å². The van der Waals surface area contributed by atoms with Gasteiger partial charge in [-0.2, -0.15) is 0 Å². The highest BCUT2D eigenvalue weighted by molar-refractivity contribution is 7.90. The second-order valence-electron chi connectivity index (χ2n) is 3.54. The molecule has 0 bridgehead atoms. The van der Waals surface area contributed by atoms with Crippen molar-refractivity contribution in [2.24, 2.45) is 5.92 Å². The maximum absolute atomic E-state index is 11.3. The normalized spacial score (nSPS) is 24.7. The molecule has 4 nitrogen and oxygen atoms in total. The smallest absolute Gasteiger partial charge is 0.147 e. The first-order valence-corrected chi connectivity index (χ1v) is 6.46. The summed E-state index contributed by atoms with van der Waals surface area (Å²) >= 11 is 0. The highest BCUT2D eigenvalue weighted by Gasteiger charge is 2.22. The van der Waals surface area contributed by atoms with E-state index in [1.54, 1.807) is 0 Å². The molecule has 0 aliphatic carbocycles. The lowest BCUT2D eigenvalue weighted by molar-refractivity contribution is -0.123. The summed E-state index contributed by atoms with van der Waals surface area (Å²) in [6.45, 7) is 1.36. The zero-order chi connectivity index (χ0) is 9.90. The highest BCUT2D eigenvalue weighted by Crippen LogP contribution is 2.11. The van der Waals surface area contributed by atoms with Gasteiger partial charge in [-0.1, -0.05) is 0 Å². The van der Waals surface area contributed by atoms with Crippen LogP contribution >= 0.6 is 0 Å². The molecule has 1 saturated heterocycles. The van der Waals surface area contributed by atoms with Gasteiger partial charge in [-0.15, -0.1) is 0 Å². The highest BCUT2D eigenvalue weighted by atomic mass is 32.2. The van der Waals surface area contributed by atoms with Gasteiger partial charge in [-0.25, -0.2) is 8.42 Å². The molecule has 1 atom stereocenters. The first-order chi connectivity index (χ1) is 5.99. The van der Waals surface area contributed by atoms with Crippen molar-refractivity contribution < 1.29 is 13.2 Å². The number of Topliss-reactive ketones (excluding diaryl/α,β-unsaturated/α-hetero) is 1. The van der Waals surface area contributed by atoms with Crippen molar-refractivity contribution in [3.63, 3.8) is 0 Å². The standard InChI is InChI=1S/C8H15NO3S/c1-13(11,12)5-3-7-6-9-4-2-8(7)10/h7,9H,2-6H2,1H3. The third-order valence-electron chi connectivity index (χ3n) is 2.23. The molecule has 1 N–H and O–H groups in total. The molecule has 0 aromatic heterocycles. The van der Waals surface area contributed by atoms with Gasteiger partial charge in [0, 0.05) is 31.7 Å². The Kier molecular flexibility index (Phi) is 3.44. The summed E-state index contributed by atoms with van der Waals surface area (Å²) in [5.74, 6) is 0.219. The number of nitrogens with one attached hydrogen (secondary N) is 1. The number of carbonyl (C=O) groups excluding carboxylic acids is 1. The van der Waals surface area contributed by atoms with E-state index < -0.39 is 9.84 Å². The lowest BCUT2D eigenvalue weighted by Crippen LogP contribution is -2.37. The monoisotopic (exact) mass is 205 g/mol. The number of sulfone groups is 1. The van der Waals surface area contributed by atoms with Gasteiger partial charge in [0.1, 0.15) is 15.6 Å². The van der Waals surface area contributed by atoms with Crippen LogP contribution in [-0.4, -0.2) is 39.3 Å². The summed E-state index contributed by atoms with van der Waals surface area (Å²) in [5, 5.41) is 3.09. The third kappa shape index (κ3) is 3.87. The van der Waals surface area contributed by atoms with Crippen LogP contribution in [-0.2, 0) is 14.6 Å². The average molecular weight is 205 g/mol. The molecule has 1 unspecified atom stereocenters. The molecule has 1 aliphatic rings. The summed E-state index contributed by atoms with van der Waals surface area (Å²) < 4.78 is 21.7. The van der Waals surface area contributed by atoms with E-state index >= 15 is 0 Å². The van der Waals surface area contributed by atoms with Crippen molar-refractivity contribution in [1.82, 2.24) is 5.32 Å². The Morgan fingerprint density at radius 1 is 1.54 bits per heavy atom. The van der Waals surface area contributed by atoms with Gasteiger partial charge in [0.2, 0.25) is 0 Å². The number of piperidine rings is 1. The maximum Gasteiger partial charge on any atom is 0.147 e. The molecule has 1 aliphatic heterocycles. The largest absolute Gasteiger partial charge is 0.316 e. The molecule has 13 heavy (non-hydrogen) atoms. The SMILES string of the molecule is CS(=O)(=O)CCC1CNCCC1=O. The summed E-state index contributed by atoms with van der Waals surface area (Å²) in [4.78, 5) is 11.3. The van der Waals surface area contributed by atoms with Crippen LogP contribution in [0.2, 0.25) is 0 Å². The molecule has 0 saturated carbocycles. The van der Waals surface area contributed by atoms with E-state index in [0.717, 1.165) is 6.54 Å². The third-order valence-corrected chi connectivity index (χ3v) is 3.21. The lowest BCUT2D eigenvalue weighted by atomic mass is 9.96. The van der Waals surface area contributed by atoms with Crippen molar-refractivity contribution in [2.45, 2.75) is 12.8 Å². The van der Waals surface area contributed by atoms with Crippen LogP contribution < -0.4 is 5.32 Å². The number of hydrogen-bond donors (Lipinski definition) is 1. The molecular formula is C8H15NO3S. The van der Waals surface area contributed by atoms with Gasteiger partial charge in [-0.3, -0.25) is 4.79 Å². The predicted octanol–water partition coefficient (Wildman–Crippen LogP) is -0.400. The van der Waals surface area contributed by atoms with E-state index in [4.69, 9.17) is 0 Å². The Bertz CT molecular complexity index is 284. The lowest BCUT2D eigenvalue weighted by Gasteiger charge is -2.20. The first-order valence-electron chi connectivity index (χ1n) is 4.40. The van der Waals surface area contributed by atoms with E-state index in [0.29, 0.717) is 19.4 Å². The predicted molar refractivity (Wildman–Crippen MR) is 50.3 cm³/mol. The Hall–Kier alpha value is -0.420. The molecule has 76 valence electrons. The van der Waals surface area contributed by atoms with Crippen LogP contribution in [0.4, 0.5) is 0 Å². The van der Waals surface area contributed by atoms with Gasteiger partial charge >= 0.3 is 0 Å². The van der Waals surface area contributed by atoms with Gasteiger partial charge in [0.05, 0.1) is 5.75 Å². The van der Waals surface area contributed by atoms with Crippen molar-refractivity contribution >= 4 is 15.6 Å². The van der Waals surface area contributed by atoms with Crippen LogP contribution in [0.5, 0.6) is 0 Å². The number of rotatable bonds is 3. The second-order valence-corrected chi connectivity index (χ2v) is 5.80. The van der Waals surface area contributed by atoms with Crippen molar-refractivity contribution in [1.29, 1.82) is 0 Å². The average Bonchev–Trinajstić information content (AvgIpc) is 2.01. The zero-order valence-electron chi connectivity index (χ0n) is 7.75. The Morgan fingerprint density at radius 2 is 2.23 bits per heavy atom. The van der Waals surface area contributed by atoms with Crippen LogP contribution in [0.15, 0.2) is 0 Å². The van der Waals surface area contributed by atoms with E-state index in [1.807, 2.05) is 0 Å². The van der Waals surface area contributed by atoms with E-state index in [1.165, 1.54) is 6.26 Å². The summed E-state index contributed by atoms with van der Waals surface area (Å²) in [6.07, 6.45) is 2.20. The molecule has 0 aromatic carbocycles. The molecule has 0 aromatic rings. The molecule has 1 rings (SSSR count). The number of hydrogen-bond acceptors (Lipinski definition) is 4. The molecule has 1 heterocycles. The Balaban J connectivity index is 2.40. The maximum atomic E-state index is 11.3. The first kappa shape index (κ1) is 10.7. The van der Waals surface area contributed by atoms with E-state index in [-0.39, 0.29) is 17.5 Å². The fourth-order valence-electron chi connectivity index (χ4n) is 1.43. The molecule has 0 amide bonds. The van der Waals surface area contributed by atoms with Crippen LogP contribution in [0.3, 0.4) is 0 Å². The molecule has 1 fully saturated rings. The van der Waals surface area contributed by atoms with Gasteiger partial charge in [-0.05, 0) is 6.42 Å². The molecular weight excluding hydrogens is 190 g/mol. The van der Waals surface area contributed by atoms with Crippen LogP contribution in [0.25, 0.3) is 0 Å². The zero-order valence-corrected chi connectivity index (χ0v) is 8.56. The molecule has 0 radical (unpaired) electrons. The summed E-state index contributed by atoms with van der Waals surface area (Å²) in [7, 11) is -2.93. The van der Waals surface area contributed by atoms with Gasteiger partial charge in [0.15, 0.2) is 0 Å².